The van der Waals surface area contributed by atoms with Crippen LogP contribution in [0.1, 0.15) is 26.7 Å². The number of amides is 3. The van der Waals surface area contributed by atoms with Crippen molar-refractivity contribution in [3.8, 4) is 17.2 Å². The van der Waals surface area contributed by atoms with Crippen molar-refractivity contribution in [3.05, 3.63) is 77.7 Å². The number of nitrogens with one attached hydrogen (secondary N) is 3. The van der Waals surface area contributed by atoms with Crippen molar-refractivity contribution in [3.63, 3.8) is 0 Å². The molecule has 0 saturated carbocycles. The fourth-order valence-corrected chi connectivity index (χ4v) is 2.72. The first-order valence-electron chi connectivity index (χ1n) is 9.86. The first-order chi connectivity index (χ1) is 16.0. The Balaban J connectivity index is 1.43. The minimum Gasteiger partial charge on any atom is -0.493 e. The summed E-state index contributed by atoms with van der Waals surface area (Å²) < 4.78 is 21.2. The number of carbonyl (C=O) groups excluding carboxylic acids is 3. The third-order valence-electron chi connectivity index (χ3n) is 4.38. The maximum atomic E-state index is 12.2. The average molecular weight is 453 g/mol. The van der Waals surface area contributed by atoms with Crippen LogP contribution in [0.4, 0.5) is 0 Å². The van der Waals surface area contributed by atoms with Crippen molar-refractivity contribution in [1.82, 2.24) is 16.2 Å². The average Bonchev–Trinajstić information content (AvgIpc) is 3.34. The fraction of sp³-hybridized carbons (Fsp3) is 0.174. The maximum Gasteiger partial charge on any atom is 0.305 e. The van der Waals surface area contributed by atoms with Crippen LogP contribution in [0, 0.1) is 0 Å². The van der Waals surface area contributed by atoms with Gasteiger partial charge in [-0.1, -0.05) is 18.2 Å². The second-order valence-corrected chi connectivity index (χ2v) is 6.62. The van der Waals surface area contributed by atoms with Crippen LogP contribution in [0.5, 0.6) is 17.2 Å². The Bertz CT molecular complexity index is 1110. The molecular weight excluding hydrogens is 430 g/mol. The van der Waals surface area contributed by atoms with E-state index in [1.807, 2.05) is 18.2 Å². The third-order valence-corrected chi connectivity index (χ3v) is 4.38. The highest BCUT2D eigenvalue weighted by Gasteiger charge is 2.14. The molecule has 0 aliphatic carbocycles. The van der Waals surface area contributed by atoms with Crippen LogP contribution in [-0.2, 0) is 11.4 Å². The molecule has 2 aromatic carbocycles. The van der Waals surface area contributed by atoms with Gasteiger partial charge in [0.1, 0.15) is 18.1 Å². The summed E-state index contributed by atoms with van der Waals surface area (Å²) in [6, 6.07) is 16.8. The summed E-state index contributed by atoms with van der Waals surface area (Å²) in [5.41, 5.74) is 4.71. The second-order valence-electron chi connectivity index (χ2n) is 6.62. The van der Waals surface area contributed by atoms with E-state index in [0.29, 0.717) is 23.0 Å². The number of ether oxygens (including phenoxy) is 3. The van der Waals surface area contributed by atoms with Crippen LogP contribution >= 0.6 is 0 Å². The summed E-state index contributed by atoms with van der Waals surface area (Å²) >= 11 is 0. The van der Waals surface area contributed by atoms with Gasteiger partial charge in [0.05, 0.1) is 20.8 Å². The molecule has 0 radical (unpaired) electrons. The van der Waals surface area contributed by atoms with Gasteiger partial charge in [0, 0.05) is 5.56 Å². The van der Waals surface area contributed by atoms with Gasteiger partial charge >= 0.3 is 5.91 Å². The van der Waals surface area contributed by atoms with Crippen LogP contribution in [0.25, 0.3) is 0 Å². The molecule has 0 bridgehead atoms. The number of methoxy groups -OCH3 is 2. The van der Waals surface area contributed by atoms with Crippen LogP contribution < -0.4 is 30.4 Å². The standard InChI is InChI=1S/C23H23N3O7/c1-30-18-10-8-15(12-20(18)31-2)22(28)24-13-21(27)25-26-23(29)19-11-9-17(33-19)14-32-16-6-4-3-5-7-16/h3-12H,13-14H2,1-2H3,(H,24,28)(H,25,27)(H,26,29). The minimum atomic E-state index is -0.652. The summed E-state index contributed by atoms with van der Waals surface area (Å²) in [7, 11) is 2.94. The number of hydrogen-bond donors (Lipinski definition) is 3. The van der Waals surface area contributed by atoms with E-state index in [2.05, 4.69) is 16.2 Å². The molecule has 172 valence electrons. The molecule has 0 unspecified atom stereocenters. The number of furan rings is 1. The number of para-hydroxylation sites is 1. The second kappa shape index (κ2) is 11.2. The summed E-state index contributed by atoms with van der Waals surface area (Å²) in [6.45, 7) is -0.215. The topological polar surface area (TPSA) is 128 Å². The first kappa shape index (κ1) is 23.2. The number of hydrogen-bond acceptors (Lipinski definition) is 7. The van der Waals surface area contributed by atoms with Gasteiger partial charge in [0.15, 0.2) is 17.3 Å². The Kier molecular flexibility index (Phi) is 7.90. The van der Waals surface area contributed by atoms with Gasteiger partial charge in [0.25, 0.3) is 11.8 Å². The Morgan fingerprint density at radius 2 is 1.61 bits per heavy atom. The number of benzene rings is 2. The van der Waals surface area contributed by atoms with E-state index in [1.54, 1.807) is 24.3 Å². The van der Waals surface area contributed by atoms with Crippen LogP contribution in [0.3, 0.4) is 0 Å². The summed E-state index contributed by atoms with van der Waals surface area (Å²) in [5.74, 6) is 0.190. The van der Waals surface area contributed by atoms with E-state index in [0.717, 1.165) is 0 Å². The molecule has 33 heavy (non-hydrogen) atoms. The minimum absolute atomic E-state index is 0.00340. The molecule has 0 aliphatic heterocycles. The monoisotopic (exact) mass is 453 g/mol. The predicted octanol–water partition coefficient (Wildman–Crippen LogP) is 2.07. The van der Waals surface area contributed by atoms with Gasteiger partial charge in [-0.05, 0) is 42.5 Å². The van der Waals surface area contributed by atoms with Gasteiger partial charge in [0.2, 0.25) is 0 Å². The molecule has 0 fully saturated rings. The highest BCUT2D eigenvalue weighted by atomic mass is 16.5. The molecule has 10 heteroatoms. The molecule has 3 N–H and O–H groups in total. The molecule has 0 spiro atoms. The summed E-state index contributed by atoms with van der Waals surface area (Å²) in [4.78, 5) is 36.4. The van der Waals surface area contributed by atoms with Gasteiger partial charge in [-0.15, -0.1) is 0 Å². The molecule has 0 aliphatic rings. The Morgan fingerprint density at radius 1 is 0.848 bits per heavy atom. The van der Waals surface area contributed by atoms with Gasteiger partial charge in [-0.3, -0.25) is 25.2 Å². The normalized spacial score (nSPS) is 10.1. The number of hydrazine groups is 1. The van der Waals surface area contributed by atoms with Crippen LogP contribution in [0.15, 0.2) is 65.1 Å². The first-order valence-corrected chi connectivity index (χ1v) is 9.86. The van der Waals surface area contributed by atoms with Crippen molar-refractivity contribution >= 4 is 17.7 Å². The lowest BCUT2D eigenvalue weighted by atomic mass is 10.2. The third kappa shape index (κ3) is 6.50. The summed E-state index contributed by atoms with van der Waals surface area (Å²) in [5, 5.41) is 2.45. The zero-order valence-corrected chi connectivity index (χ0v) is 18.0. The zero-order valence-electron chi connectivity index (χ0n) is 18.0. The Morgan fingerprint density at radius 3 is 2.33 bits per heavy atom. The Hall–Kier alpha value is -4.47. The molecule has 1 aromatic heterocycles. The molecule has 0 atom stereocenters. The highest BCUT2D eigenvalue weighted by molar-refractivity contribution is 5.97. The number of carbonyl (C=O) groups is 3. The van der Waals surface area contributed by atoms with E-state index in [4.69, 9.17) is 18.6 Å². The van der Waals surface area contributed by atoms with Crippen molar-refractivity contribution in [1.29, 1.82) is 0 Å². The molecule has 1 heterocycles. The van der Waals surface area contributed by atoms with Gasteiger partial charge < -0.3 is 23.9 Å². The van der Waals surface area contributed by atoms with E-state index in [1.165, 1.54) is 32.4 Å². The van der Waals surface area contributed by atoms with Crippen molar-refractivity contribution in [2.24, 2.45) is 0 Å². The van der Waals surface area contributed by atoms with E-state index in [9.17, 15) is 14.4 Å². The van der Waals surface area contributed by atoms with E-state index >= 15 is 0 Å². The highest BCUT2D eigenvalue weighted by Crippen LogP contribution is 2.27. The molecule has 3 aromatic rings. The van der Waals surface area contributed by atoms with E-state index < -0.39 is 17.7 Å². The lowest BCUT2D eigenvalue weighted by molar-refractivity contribution is -0.120. The molecule has 3 amide bonds. The molecule has 0 saturated heterocycles. The van der Waals surface area contributed by atoms with Crippen LogP contribution in [-0.4, -0.2) is 38.5 Å². The molecular formula is C23H23N3O7. The number of rotatable bonds is 9. The Labute approximate surface area is 189 Å². The smallest absolute Gasteiger partial charge is 0.305 e. The lowest BCUT2D eigenvalue weighted by Gasteiger charge is -2.10. The largest absolute Gasteiger partial charge is 0.493 e. The van der Waals surface area contributed by atoms with Crippen molar-refractivity contribution < 1.29 is 33.0 Å². The van der Waals surface area contributed by atoms with Gasteiger partial charge in [-0.2, -0.15) is 0 Å². The van der Waals surface area contributed by atoms with Crippen LogP contribution in [0.2, 0.25) is 0 Å². The zero-order chi connectivity index (χ0) is 23.6. The van der Waals surface area contributed by atoms with Crippen molar-refractivity contribution in [2.45, 2.75) is 6.61 Å². The maximum absolute atomic E-state index is 12.2. The molecule has 3 rings (SSSR count). The van der Waals surface area contributed by atoms with E-state index in [-0.39, 0.29) is 24.5 Å². The predicted molar refractivity (Wildman–Crippen MR) is 117 cm³/mol. The van der Waals surface area contributed by atoms with Crippen molar-refractivity contribution in [2.75, 3.05) is 20.8 Å². The molecule has 10 nitrogen and oxygen atoms in total. The lowest BCUT2D eigenvalue weighted by Crippen LogP contribution is -2.46. The quantitative estimate of drug-likeness (QED) is 0.423. The van der Waals surface area contributed by atoms with Gasteiger partial charge in [-0.25, -0.2) is 0 Å². The fourth-order valence-electron chi connectivity index (χ4n) is 2.72. The SMILES string of the molecule is COc1ccc(C(=O)NCC(=O)NNC(=O)c2ccc(COc3ccccc3)o2)cc1OC. The summed E-state index contributed by atoms with van der Waals surface area (Å²) in [6.07, 6.45) is 0.